The zero-order valence-electron chi connectivity index (χ0n) is 11.2. The van der Waals surface area contributed by atoms with Crippen LogP contribution in [0.15, 0.2) is 30.6 Å². The molecule has 0 atom stereocenters. The third kappa shape index (κ3) is 3.96. The molecule has 0 fully saturated rings. The molecule has 4 nitrogen and oxygen atoms in total. The van der Waals surface area contributed by atoms with Gasteiger partial charge in [-0.05, 0) is 12.1 Å². The highest BCUT2D eigenvalue weighted by Crippen LogP contribution is 2.22. The van der Waals surface area contributed by atoms with Gasteiger partial charge in [-0.25, -0.2) is 18.7 Å². The van der Waals surface area contributed by atoms with Gasteiger partial charge in [0.15, 0.2) is 11.6 Å². The molecule has 6 heteroatoms. The number of aromatic nitrogens is 2. The van der Waals surface area contributed by atoms with Crippen molar-refractivity contribution in [2.24, 2.45) is 0 Å². The molecule has 1 aromatic heterocycles. The maximum atomic E-state index is 13.4. The molecule has 2 aromatic rings. The minimum Gasteiger partial charge on any atom is -0.421 e. The summed E-state index contributed by atoms with van der Waals surface area (Å²) in [5.41, 5.74) is 0.880. The first kappa shape index (κ1) is 14.3. The summed E-state index contributed by atoms with van der Waals surface area (Å²) < 4.78 is 31.5. The van der Waals surface area contributed by atoms with Crippen LogP contribution in [0.25, 0.3) is 0 Å². The van der Waals surface area contributed by atoms with Gasteiger partial charge in [0.05, 0.1) is 0 Å². The van der Waals surface area contributed by atoms with E-state index in [2.05, 4.69) is 15.3 Å². The van der Waals surface area contributed by atoms with Gasteiger partial charge < -0.3 is 10.1 Å². The number of hydrogen-bond donors (Lipinski definition) is 1. The second-order valence-electron chi connectivity index (χ2n) is 4.59. The molecule has 20 heavy (non-hydrogen) atoms. The minimum atomic E-state index is -0.666. The molecule has 2 rings (SSSR count). The molecule has 1 N–H and O–H groups in total. The summed E-state index contributed by atoms with van der Waals surface area (Å²) in [4.78, 5) is 7.92. The van der Waals surface area contributed by atoms with Crippen LogP contribution in [0.3, 0.4) is 0 Å². The van der Waals surface area contributed by atoms with Gasteiger partial charge in [-0.15, -0.1) is 0 Å². The first-order chi connectivity index (χ1) is 9.54. The number of ether oxygens (including phenoxy) is 1. The Hall–Kier alpha value is -2.08. The summed E-state index contributed by atoms with van der Waals surface area (Å²) in [7, 11) is 0. The normalized spacial score (nSPS) is 10.8. The molecule has 106 valence electrons. The van der Waals surface area contributed by atoms with E-state index in [4.69, 9.17) is 4.74 Å². The van der Waals surface area contributed by atoms with Gasteiger partial charge in [0.2, 0.25) is 0 Å². The van der Waals surface area contributed by atoms with E-state index >= 15 is 0 Å². The quantitative estimate of drug-likeness (QED) is 0.913. The highest BCUT2D eigenvalue weighted by Gasteiger charge is 2.08. The lowest BCUT2D eigenvalue weighted by atomic mass is 10.3. The van der Waals surface area contributed by atoms with Crippen LogP contribution in [0.5, 0.6) is 11.8 Å². The average molecular weight is 279 g/mol. The Morgan fingerprint density at radius 2 is 1.90 bits per heavy atom. The highest BCUT2D eigenvalue weighted by molar-refractivity contribution is 5.27. The summed E-state index contributed by atoms with van der Waals surface area (Å²) >= 11 is 0. The molecule has 0 bridgehead atoms. The van der Waals surface area contributed by atoms with E-state index in [-0.39, 0.29) is 11.8 Å². The van der Waals surface area contributed by atoms with Gasteiger partial charge in [0, 0.05) is 36.6 Å². The van der Waals surface area contributed by atoms with Crippen molar-refractivity contribution in [3.63, 3.8) is 0 Å². The molecule has 0 saturated carbocycles. The van der Waals surface area contributed by atoms with Crippen molar-refractivity contribution in [3.8, 4) is 11.8 Å². The molecule has 0 saturated heterocycles. The van der Waals surface area contributed by atoms with Gasteiger partial charge in [0.25, 0.3) is 0 Å². The second kappa shape index (κ2) is 6.38. The molecule has 0 unspecified atom stereocenters. The Kier molecular flexibility index (Phi) is 4.57. The lowest BCUT2D eigenvalue weighted by Crippen LogP contribution is -2.21. The first-order valence-electron chi connectivity index (χ1n) is 6.22. The third-order valence-electron chi connectivity index (χ3n) is 2.49. The summed E-state index contributed by atoms with van der Waals surface area (Å²) in [6.07, 6.45) is 3.16. The maximum Gasteiger partial charge on any atom is 0.321 e. The fourth-order valence-corrected chi connectivity index (χ4v) is 1.46. The second-order valence-corrected chi connectivity index (χ2v) is 4.59. The Morgan fingerprint density at radius 1 is 1.20 bits per heavy atom. The van der Waals surface area contributed by atoms with Crippen LogP contribution in [-0.2, 0) is 6.54 Å². The number of nitrogens with one attached hydrogen (secondary N) is 1. The Bertz CT molecular complexity index is 573. The molecule has 0 aliphatic carbocycles. The minimum absolute atomic E-state index is 0.0252. The number of halogens is 2. The lowest BCUT2D eigenvalue weighted by molar-refractivity contribution is 0.406. The highest BCUT2D eigenvalue weighted by atomic mass is 19.1. The van der Waals surface area contributed by atoms with Crippen LogP contribution in [0, 0.1) is 11.6 Å². The summed E-state index contributed by atoms with van der Waals surface area (Å²) in [5, 5.41) is 3.22. The van der Waals surface area contributed by atoms with E-state index in [1.54, 1.807) is 12.4 Å². The molecular formula is C14H15F2N3O. The Labute approximate surface area is 115 Å². The fourth-order valence-electron chi connectivity index (χ4n) is 1.46. The van der Waals surface area contributed by atoms with Gasteiger partial charge in [-0.3, -0.25) is 0 Å². The van der Waals surface area contributed by atoms with Crippen LogP contribution < -0.4 is 10.1 Å². The molecule has 1 aromatic carbocycles. The topological polar surface area (TPSA) is 47.0 Å². The summed E-state index contributed by atoms with van der Waals surface area (Å²) in [6.45, 7) is 4.70. The number of rotatable bonds is 5. The Balaban J connectivity index is 2.05. The molecule has 0 spiro atoms. The average Bonchev–Trinajstić information content (AvgIpc) is 2.42. The van der Waals surface area contributed by atoms with Gasteiger partial charge in [-0.2, -0.15) is 0 Å². The van der Waals surface area contributed by atoms with Crippen molar-refractivity contribution in [1.29, 1.82) is 0 Å². The van der Waals surface area contributed by atoms with E-state index in [1.165, 1.54) is 0 Å². The standard InChI is InChI=1S/C14H15F2N3O/c1-9(2)17-6-10-7-18-14(19-8-10)20-13-5-11(15)3-4-12(13)16/h3-5,7-9,17H,6H2,1-2H3. The van der Waals surface area contributed by atoms with Crippen molar-refractivity contribution in [2.45, 2.75) is 26.4 Å². The van der Waals surface area contributed by atoms with Crippen LogP contribution in [-0.4, -0.2) is 16.0 Å². The monoisotopic (exact) mass is 279 g/mol. The zero-order chi connectivity index (χ0) is 14.5. The summed E-state index contributed by atoms with van der Waals surface area (Å²) in [5.74, 6) is -1.49. The van der Waals surface area contributed by atoms with Crippen LogP contribution in [0.4, 0.5) is 8.78 Å². The fraction of sp³-hybridized carbons (Fsp3) is 0.286. The third-order valence-corrected chi connectivity index (χ3v) is 2.49. The van der Waals surface area contributed by atoms with Crippen molar-refractivity contribution in [2.75, 3.05) is 0 Å². The maximum absolute atomic E-state index is 13.4. The lowest BCUT2D eigenvalue weighted by Gasteiger charge is -2.08. The SMILES string of the molecule is CC(C)NCc1cnc(Oc2cc(F)ccc2F)nc1. The van der Waals surface area contributed by atoms with Crippen LogP contribution in [0.1, 0.15) is 19.4 Å². The number of benzene rings is 1. The van der Waals surface area contributed by atoms with Crippen LogP contribution >= 0.6 is 0 Å². The van der Waals surface area contributed by atoms with E-state index in [1.807, 2.05) is 13.8 Å². The number of hydrogen-bond acceptors (Lipinski definition) is 4. The molecule has 0 aliphatic rings. The van der Waals surface area contributed by atoms with E-state index in [0.29, 0.717) is 12.6 Å². The first-order valence-corrected chi connectivity index (χ1v) is 6.22. The van der Waals surface area contributed by atoms with Gasteiger partial charge in [0.1, 0.15) is 5.82 Å². The molecular weight excluding hydrogens is 264 g/mol. The van der Waals surface area contributed by atoms with Crippen molar-refractivity contribution >= 4 is 0 Å². The van der Waals surface area contributed by atoms with Crippen molar-refractivity contribution in [1.82, 2.24) is 15.3 Å². The molecule has 0 amide bonds. The predicted octanol–water partition coefficient (Wildman–Crippen LogP) is 3.05. The predicted molar refractivity (Wildman–Crippen MR) is 70.4 cm³/mol. The van der Waals surface area contributed by atoms with Gasteiger partial charge >= 0.3 is 6.01 Å². The smallest absolute Gasteiger partial charge is 0.321 e. The molecule has 0 radical (unpaired) electrons. The number of nitrogens with zero attached hydrogens (tertiary/aromatic N) is 2. The van der Waals surface area contributed by atoms with E-state index in [9.17, 15) is 8.78 Å². The van der Waals surface area contributed by atoms with Crippen LogP contribution in [0.2, 0.25) is 0 Å². The zero-order valence-corrected chi connectivity index (χ0v) is 11.2. The Morgan fingerprint density at radius 3 is 2.55 bits per heavy atom. The summed E-state index contributed by atoms with van der Waals surface area (Å²) in [6, 6.07) is 3.29. The van der Waals surface area contributed by atoms with Crippen molar-refractivity contribution in [3.05, 3.63) is 47.8 Å². The van der Waals surface area contributed by atoms with Gasteiger partial charge in [-0.1, -0.05) is 13.8 Å². The van der Waals surface area contributed by atoms with Crippen molar-refractivity contribution < 1.29 is 13.5 Å². The van der Waals surface area contributed by atoms with E-state index < -0.39 is 11.6 Å². The largest absolute Gasteiger partial charge is 0.421 e. The van der Waals surface area contributed by atoms with E-state index in [0.717, 1.165) is 23.8 Å². The molecule has 0 aliphatic heterocycles. The molecule has 1 heterocycles.